The molecule has 1 aromatic carbocycles. The van der Waals surface area contributed by atoms with Gasteiger partial charge in [-0.2, -0.15) is 11.8 Å². The number of amides is 1. The highest BCUT2D eigenvalue weighted by atomic mass is 32.2. The van der Waals surface area contributed by atoms with Gasteiger partial charge in [-0.15, -0.1) is 0 Å². The average Bonchev–Trinajstić information content (AvgIpc) is 2.46. The van der Waals surface area contributed by atoms with Crippen molar-refractivity contribution in [3.05, 3.63) is 35.4 Å². The first-order chi connectivity index (χ1) is 9.11. The average molecular weight is 279 g/mol. The van der Waals surface area contributed by atoms with Crippen LogP contribution in [0.3, 0.4) is 0 Å². The Balaban J connectivity index is 2.14. The number of carbonyl (C=O) groups excluding carboxylic acids is 1. The number of aromatic carboxylic acids is 1. The highest BCUT2D eigenvalue weighted by molar-refractivity contribution is 8.00. The normalized spacial score (nSPS) is 19.2. The number of carboxylic acid groups (broad SMARTS) is 1. The van der Waals surface area contributed by atoms with Crippen molar-refractivity contribution in [2.45, 2.75) is 18.6 Å². The maximum atomic E-state index is 12.4. The van der Waals surface area contributed by atoms with Crippen LogP contribution in [0.5, 0.6) is 0 Å². The van der Waals surface area contributed by atoms with Crippen molar-refractivity contribution in [2.24, 2.45) is 0 Å². The van der Waals surface area contributed by atoms with Crippen molar-refractivity contribution in [1.29, 1.82) is 0 Å². The summed E-state index contributed by atoms with van der Waals surface area (Å²) in [6.07, 6.45) is 1.05. The molecule has 0 aliphatic carbocycles. The molecule has 102 valence electrons. The Bertz CT molecular complexity index is 489. The summed E-state index contributed by atoms with van der Waals surface area (Å²) in [5.41, 5.74) is 0.617. The fourth-order valence-corrected chi connectivity index (χ4v) is 3.30. The molecule has 0 radical (unpaired) electrons. The van der Waals surface area contributed by atoms with Gasteiger partial charge in [-0.05, 0) is 24.6 Å². The Hall–Kier alpha value is -1.49. The summed E-state index contributed by atoms with van der Waals surface area (Å²) in [5.74, 6) is -0.125. The van der Waals surface area contributed by atoms with Crippen LogP contribution in [0.4, 0.5) is 0 Å². The van der Waals surface area contributed by atoms with Crippen LogP contribution in [-0.4, -0.2) is 46.0 Å². The second-order valence-electron chi connectivity index (χ2n) is 4.54. The summed E-state index contributed by atoms with van der Waals surface area (Å²) in [5, 5.41) is 9.44. The van der Waals surface area contributed by atoms with Crippen LogP contribution >= 0.6 is 11.8 Å². The van der Waals surface area contributed by atoms with E-state index in [1.807, 2.05) is 16.7 Å². The highest BCUT2D eigenvalue weighted by Crippen LogP contribution is 2.22. The lowest BCUT2D eigenvalue weighted by atomic mass is 10.1. The van der Waals surface area contributed by atoms with Crippen molar-refractivity contribution in [2.75, 3.05) is 18.8 Å². The lowest BCUT2D eigenvalue weighted by molar-refractivity contribution is 0.0697. The molecule has 1 fully saturated rings. The second kappa shape index (κ2) is 6.10. The second-order valence-corrected chi connectivity index (χ2v) is 5.95. The highest BCUT2D eigenvalue weighted by Gasteiger charge is 2.24. The van der Waals surface area contributed by atoms with Gasteiger partial charge in [0, 0.05) is 29.7 Å². The van der Waals surface area contributed by atoms with Crippen molar-refractivity contribution >= 4 is 23.6 Å². The van der Waals surface area contributed by atoms with Gasteiger partial charge in [0.25, 0.3) is 5.91 Å². The molecule has 1 aliphatic heterocycles. The predicted molar refractivity (Wildman–Crippen MR) is 75.8 cm³/mol. The van der Waals surface area contributed by atoms with Crippen LogP contribution in [0.15, 0.2) is 24.3 Å². The van der Waals surface area contributed by atoms with E-state index in [1.54, 1.807) is 12.1 Å². The number of hydrogen-bond acceptors (Lipinski definition) is 3. The van der Waals surface area contributed by atoms with Crippen LogP contribution < -0.4 is 0 Å². The van der Waals surface area contributed by atoms with E-state index in [9.17, 15) is 9.59 Å². The molecule has 1 N–H and O–H groups in total. The van der Waals surface area contributed by atoms with Crippen LogP contribution in [0, 0.1) is 0 Å². The number of thioether (sulfide) groups is 1. The molecular weight excluding hydrogens is 262 g/mol. The number of hydrogen-bond donors (Lipinski definition) is 1. The monoisotopic (exact) mass is 279 g/mol. The number of nitrogens with zero attached hydrogens (tertiary/aromatic N) is 1. The molecule has 1 heterocycles. The van der Waals surface area contributed by atoms with Gasteiger partial charge in [0.1, 0.15) is 0 Å². The molecule has 5 heteroatoms. The summed E-state index contributed by atoms with van der Waals surface area (Å²) in [4.78, 5) is 25.1. The van der Waals surface area contributed by atoms with E-state index in [1.165, 1.54) is 12.1 Å². The number of carbonyl (C=O) groups is 2. The van der Waals surface area contributed by atoms with Crippen LogP contribution in [-0.2, 0) is 0 Å². The zero-order chi connectivity index (χ0) is 13.8. The maximum Gasteiger partial charge on any atom is 0.335 e. The fourth-order valence-electron chi connectivity index (χ4n) is 2.12. The molecular formula is C14H17NO3S. The van der Waals surface area contributed by atoms with Gasteiger partial charge >= 0.3 is 5.97 Å². The molecule has 4 nitrogen and oxygen atoms in total. The van der Waals surface area contributed by atoms with Crippen LogP contribution in [0.1, 0.15) is 34.1 Å². The van der Waals surface area contributed by atoms with Gasteiger partial charge in [0.05, 0.1) is 5.56 Å². The van der Waals surface area contributed by atoms with Crippen molar-refractivity contribution in [3.63, 3.8) is 0 Å². The first kappa shape index (κ1) is 13.9. The fraction of sp³-hybridized carbons (Fsp3) is 0.429. The first-order valence-corrected chi connectivity index (χ1v) is 7.41. The van der Waals surface area contributed by atoms with Gasteiger partial charge in [-0.1, -0.05) is 13.0 Å². The molecule has 1 amide bonds. The minimum Gasteiger partial charge on any atom is -0.478 e. The summed E-state index contributed by atoms with van der Waals surface area (Å²) in [6, 6.07) is 6.25. The molecule has 0 saturated carbocycles. The van der Waals surface area contributed by atoms with Crippen molar-refractivity contribution in [3.8, 4) is 0 Å². The summed E-state index contributed by atoms with van der Waals surface area (Å²) in [6.45, 7) is 3.60. The van der Waals surface area contributed by atoms with Crippen molar-refractivity contribution in [1.82, 2.24) is 4.90 Å². The molecule has 2 rings (SSSR count). The minimum atomic E-state index is -1.00. The quantitative estimate of drug-likeness (QED) is 0.922. The molecule has 0 spiro atoms. The molecule has 19 heavy (non-hydrogen) atoms. The van der Waals surface area contributed by atoms with Gasteiger partial charge < -0.3 is 10.0 Å². The van der Waals surface area contributed by atoms with Gasteiger partial charge in [0.2, 0.25) is 0 Å². The Morgan fingerprint density at radius 2 is 2.16 bits per heavy atom. The molecule has 1 unspecified atom stereocenters. The number of benzene rings is 1. The largest absolute Gasteiger partial charge is 0.478 e. The number of carboxylic acids is 1. The van der Waals surface area contributed by atoms with Crippen LogP contribution in [0.2, 0.25) is 0 Å². The van der Waals surface area contributed by atoms with Gasteiger partial charge in [-0.3, -0.25) is 4.79 Å². The van der Waals surface area contributed by atoms with Crippen LogP contribution in [0.25, 0.3) is 0 Å². The molecule has 1 atom stereocenters. The van der Waals surface area contributed by atoms with E-state index < -0.39 is 5.97 Å². The third-order valence-corrected chi connectivity index (χ3v) is 4.61. The third kappa shape index (κ3) is 3.29. The molecule has 1 aromatic rings. The summed E-state index contributed by atoms with van der Waals surface area (Å²) in [7, 11) is 0. The Morgan fingerprint density at radius 3 is 2.84 bits per heavy atom. The summed E-state index contributed by atoms with van der Waals surface area (Å²) >= 11 is 1.90. The van der Waals surface area contributed by atoms with E-state index in [-0.39, 0.29) is 11.5 Å². The van der Waals surface area contributed by atoms with E-state index in [4.69, 9.17) is 5.11 Å². The molecule has 1 saturated heterocycles. The van der Waals surface area contributed by atoms with E-state index in [0.29, 0.717) is 10.8 Å². The molecule has 1 aliphatic rings. The predicted octanol–water partition coefficient (Wildman–Crippen LogP) is 2.35. The minimum absolute atomic E-state index is 0.0677. The topological polar surface area (TPSA) is 57.6 Å². The zero-order valence-electron chi connectivity index (χ0n) is 10.8. The third-order valence-electron chi connectivity index (χ3n) is 3.24. The lowest BCUT2D eigenvalue weighted by Gasteiger charge is -2.32. The zero-order valence-corrected chi connectivity index (χ0v) is 11.7. The van der Waals surface area contributed by atoms with E-state index in [2.05, 4.69) is 6.92 Å². The Labute approximate surface area is 116 Å². The SMILES string of the molecule is CCC1CN(C(=O)c2cccc(C(=O)O)c2)CCS1. The van der Waals surface area contributed by atoms with Crippen molar-refractivity contribution < 1.29 is 14.7 Å². The van der Waals surface area contributed by atoms with Gasteiger partial charge in [0.15, 0.2) is 0 Å². The van der Waals surface area contributed by atoms with E-state index >= 15 is 0 Å². The maximum absolute atomic E-state index is 12.4. The molecule has 0 bridgehead atoms. The van der Waals surface area contributed by atoms with Gasteiger partial charge in [-0.25, -0.2) is 4.79 Å². The lowest BCUT2D eigenvalue weighted by Crippen LogP contribution is -2.41. The smallest absolute Gasteiger partial charge is 0.335 e. The Morgan fingerprint density at radius 1 is 1.42 bits per heavy atom. The molecule has 0 aromatic heterocycles. The standard InChI is InChI=1S/C14H17NO3S/c1-2-12-9-15(6-7-19-12)13(16)10-4-3-5-11(8-10)14(17)18/h3-5,8,12H,2,6-7,9H2,1H3,(H,17,18). The number of rotatable bonds is 3. The summed E-state index contributed by atoms with van der Waals surface area (Å²) < 4.78 is 0. The first-order valence-electron chi connectivity index (χ1n) is 6.36. The Kier molecular flexibility index (Phi) is 4.47. The van der Waals surface area contributed by atoms with E-state index in [0.717, 1.165) is 25.3 Å².